The largest absolute Gasteiger partial charge is 0.454 e. The summed E-state index contributed by atoms with van der Waals surface area (Å²) in [6.45, 7) is 1.37. The van der Waals surface area contributed by atoms with Crippen LogP contribution in [0.1, 0.15) is 27.6 Å². The lowest BCUT2D eigenvalue weighted by atomic mass is 10.1. The quantitative estimate of drug-likeness (QED) is 0.751. The minimum atomic E-state index is -0.577. The first-order valence-electron chi connectivity index (χ1n) is 8.38. The molecule has 2 aromatic rings. The summed E-state index contributed by atoms with van der Waals surface area (Å²) in [4.78, 5) is 14.4. The van der Waals surface area contributed by atoms with Crippen molar-refractivity contribution in [1.29, 1.82) is 0 Å². The first-order valence-corrected chi connectivity index (χ1v) is 9.80. The Bertz CT molecular complexity index is 827. The van der Waals surface area contributed by atoms with Gasteiger partial charge in [0, 0.05) is 24.1 Å². The fourth-order valence-corrected chi connectivity index (χ4v) is 4.68. The van der Waals surface area contributed by atoms with E-state index >= 15 is 0 Å². The summed E-state index contributed by atoms with van der Waals surface area (Å²) >= 11 is 7.83. The van der Waals surface area contributed by atoms with Gasteiger partial charge in [0.2, 0.25) is 6.79 Å². The minimum Gasteiger partial charge on any atom is -0.454 e. The van der Waals surface area contributed by atoms with E-state index in [0.717, 1.165) is 29.2 Å². The molecule has 0 bridgehead atoms. The Morgan fingerprint density at radius 2 is 2.04 bits per heavy atom. The zero-order valence-corrected chi connectivity index (χ0v) is 15.5. The monoisotopic (exact) mass is 393 g/mol. The number of ether oxygens (including phenoxy) is 2. The Morgan fingerprint density at radius 1 is 1.19 bits per heavy atom. The highest BCUT2D eigenvalue weighted by molar-refractivity contribution is 7.99. The third kappa shape index (κ3) is 3.35. The molecule has 4 rings (SSSR count). The molecule has 0 radical (unpaired) electrons. The maximum absolute atomic E-state index is 14.1. The third-order valence-electron chi connectivity index (χ3n) is 4.57. The van der Waals surface area contributed by atoms with Gasteiger partial charge in [-0.05, 0) is 36.2 Å². The summed E-state index contributed by atoms with van der Waals surface area (Å²) in [5.41, 5.74) is 1.11. The SMILES string of the molecule is O=C(c1c(F)cccc1Cl)N1CCS[C@@H](c2ccc3c(c2)OCO3)CC1. The lowest BCUT2D eigenvalue weighted by Crippen LogP contribution is -2.33. The molecule has 2 aliphatic rings. The summed E-state index contributed by atoms with van der Waals surface area (Å²) in [5.74, 6) is 1.38. The van der Waals surface area contributed by atoms with Crippen molar-refractivity contribution in [2.75, 3.05) is 25.6 Å². The van der Waals surface area contributed by atoms with E-state index in [2.05, 4.69) is 0 Å². The van der Waals surface area contributed by atoms with Gasteiger partial charge in [0.1, 0.15) is 5.82 Å². The second-order valence-corrected chi connectivity index (χ2v) is 7.87. The number of fused-ring (bicyclic) bond motifs is 1. The third-order valence-corrected chi connectivity index (χ3v) is 6.22. The van der Waals surface area contributed by atoms with Crippen molar-refractivity contribution in [3.63, 3.8) is 0 Å². The standard InChI is InChI=1S/C19H17ClFNO3S/c20-13-2-1-3-14(21)18(13)19(23)22-7-6-17(26-9-8-22)12-4-5-15-16(10-12)25-11-24-15/h1-5,10,17H,6-9,11H2/t17-/m1/s1. The smallest absolute Gasteiger partial charge is 0.258 e. The summed E-state index contributed by atoms with van der Waals surface area (Å²) in [5, 5.41) is 0.401. The van der Waals surface area contributed by atoms with Gasteiger partial charge in [-0.1, -0.05) is 23.7 Å². The van der Waals surface area contributed by atoms with Crippen molar-refractivity contribution in [2.45, 2.75) is 11.7 Å². The number of amides is 1. The predicted octanol–water partition coefficient (Wildman–Crippen LogP) is 4.53. The second kappa shape index (κ2) is 7.37. The fourth-order valence-electron chi connectivity index (χ4n) is 3.21. The van der Waals surface area contributed by atoms with Gasteiger partial charge in [0.15, 0.2) is 11.5 Å². The zero-order chi connectivity index (χ0) is 18.1. The summed E-state index contributed by atoms with van der Waals surface area (Å²) in [6, 6.07) is 10.3. The second-order valence-electron chi connectivity index (χ2n) is 6.15. The molecule has 0 spiro atoms. The minimum absolute atomic E-state index is 0.0410. The van der Waals surface area contributed by atoms with Gasteiger partial charge < -0.3 is 14.4 Å². The average Bonchev–Trinajstić information content (AvgIpc) is 2.96. The Hall–Kier alpha value is -1.92. The molecule has 1 amide bonds. The van der Waals surface area contributed by atoms with Gasteiger partial charge in [-0.15, -0.1) is 0 Å². The van der Waals surface area contributed by atoms with E-state index in [9.17, 15) is 9.18 Å². The topological polar surface area (TPSA) is 38.8 Å². The maximum Gasteiger partial charge on any atom is 0.258 e. The molecule has 4 nitrogen and oxygen atoms in total. The van der Waals surface area contributed by atoms with Crippen molar-refractivity contribution in [3.8, 4) is 11.5 Å². The molecular formula is C19H17ClFNO3S. The highest BCUT2D eigenvalue weighted by atomic mass is 35.5. The van der Waals surface area contributed by atoms with Crippen LogP contribution < -0.4 is 9.47 Å². The van der Waals surface area contributed by atoms with E-state index in [4.69, 9.17) is 21.1 Å². The predicted molar refractivity (Wildman–Crippen MR) is 99.7 cm³/mol. The maximum atomic E-state index is 14.1. The zero-order valence-electron chi connectivity index (χ0n) is 13.9. The van der Waals surface area contributed by atoms with Crippen LogP contribution in [0, 0.1) is 5.82 Å². The first-order chi connectivity index (χ1) is 12.6. The molecule has 2 aliphatic heterocycles. The Balaban J connectivity index is 1.49. The number of rotatable bonds is 2. The van der Waals surface area contributed by atoms with Crippen LogP contribution >= 0.6 is 23.4 Å². The van der Waals surface area contributed by atoms with Crippen molar-refractivity contribution < 1.29 is 18.7 Å². The molecule has 0 aliphatic carbocycles. The fraction of sp³-hybridized carbons (Fsp3) is 0.316. The van der Waals surface area contributed by atoms with Crippen LogP contribution in [0.4, 0.5) is 4.39 Å². The molecule has 1 saturated heterocycles. The van der Waals surface area contributed by atoms with Crippen molar-refractivity contribution in [3.05, 3.63) is 58.4 Å². The Morgan fingerprint density at radius 3 is 2.88 bits per heavy atom. The number of carbonyl (C=O) groups excluding carboxylic acids is 1. The van der Waals surface area contributed by atoms with Crippen LogP contribution in [0.5, 0.6) is 11.5 Å². The molecule has 0 aromatic heterocycles. The molecule has 1 fully saturated rings. The molecule has 7 heteroatoms. The molecule has 2 aromatic carbocycles. The number of hydrogen-bond acceptors (Lipinski definition) is 4. The lowest BCUT2D eigenvalue weighted by Gasteiger charge is -2.21. The van der Waals surface area contributed by atoms with E-state index in [1.54, 1.807) is 22.7 Å². The van der Waals surface area contributed by atoms with Gasteiger partial charge in [-0.3, -0.25) is 4.79 Å². The van der Waals surface area contributed by atoms with E-state index in [1.165, 1.54) is 12.1 Å². The van der Waals surface area contributed by atoms with Crippen LogP contribution in [-0.2, 0) is 0 Å². The molecular weight excluding hydrogens is 377 g/mol. The summed E-state index contributed by atoms with van der Waals surface area (Å²) in [7, 11) is 0. The molecule has 0 N–H and O–H groups in total. The van der Waals surface area contributed by atoms with Crippen molar-refractivity contribution >= 4 is 29.3 Å². The normalized spacial score (nSPS) is 19.3. The Kier molecular flexibility index (Phi) is 4.96. The molecule has 0 saturated carbocycles. The number of carbonyl (C=O) groups is 1. The Labute approximate surface area is 160 Å². The number of thioether (sulfide) groups is 1. The van der Waals surface area contributed by atoms with Gasteiger partial charge >= 0.3 is 0 Å². The van der Waals surface area contributed by atoms with Crippen molar-refractivity contribution in [1.82, 2.24) is 4.90 Å². The number of halogens is 2. The van der Waals surface area contributed by atoms with Gasteiger partial charge in [0.05, 0.1) is 10.6 Å². The number of nitrogens with zero attached hydrogens (tertiary/aromatic N) is 1. The van der Waals surface area contributed by atoms with Crippen LogP contribution in [0.2, 0.25) is 5.02 Å². The van der Waals surface area contributed by atoms with Gasteiger partial charge in [0.25, 0.3) is 5.91 Å². The summed E-state index contributed by atoms with van der Waals surface area (Å²) in [6.07, 6.45) is 0.780. The highest BCUT2D eigenvalue weighted by Crippen LogP contribution is 2.40. The van der Waals surface area contributed by atoms with E-state index < -0.39 is 5.82 Å². The van der Waals surface area contributed by atoms with Crippen LogP contribution in [-0.4, -0.2) is 36.4 Å². The molecule has 136 valence electrons. The van der Waals surface area contributed by atoms with E-state index in [1.807, 2.05) is 18.2 Å². The van der Waals surface area contributed by atoms with Crippen LogP contribution in [0.3, 0.4) is 0 Å². The van der Waals surface area contributed by atoms with E-state index in [-0.39, 0.29) is 28.5 Å². The molecule has 1 atom stereocenters. The van der Waals surface area contributed by atoms with Gasteiger partial charge in [-0.25, -0.2) is 4.39 Å². The molecule has 2 heterocycles. The lowest BCUT2D eigenvalue weighted by molar-refractivity contribution is 0.0762. The van der Waals surface area contributed by atoms with Crippen molar-refractivity contribution in [2.24, 2.45) is 0 Å². The molecule has 0 unspecified atom stereocenters. The van der Waals surface area contributed by atoms with Crippen LogP contribution in [0.15, 0.2) is 36.4 Å². The number of hydrogen-bond donors (Lipinski definition) is 0. The average molecular weight is 394 g/mol. The van der Waals surface area contributed by atoms with Crippen LogP contribution in [0.25, 0.3) is 0 Å². The van der Waals surface area contributed by atoms with E-state index in [0.29, 0.717) is 13.1 Å². The van der Waals surface area contributed by atoms with Gasteiger partial charge in [-0.2, -0.15) is 11.8 Å². The summed E-state index contributed by atoms with van der Waals surface area (Å²) < 4.78 is 24.9. The number of benzene rings is 2. The highest BCUT2D eigenvalue weighted by Gasteiger charge is 2.27. The molecule has 26 heavy (non-hydrogen) atoms. The first kappa shape index (κ1) is 17.5.